The second-order valence-corrected chi connectivity index (χ2v) is 3.20. The fourth-order valence-corrected chi connectivity index (χ4v) is 1.36. The zero-order chi connectivity index (χ0) is 8.43. The lowest BCUT2D eigenvalue weighted by Gasteiger charge is -2.37. The quantitative estimate of drug-likeness (QED) is 0.329. The van der Waals surface area contributed by atoms with Gasteiger partial charge in [-0.25, -0.2) is 0 Å². The maximum atomic E-state index is 7.29. The largest absolute Gasteiger partial charge is 0.370 e. The molecule has 1 saturated heterocycles. The Morgan fingerprint density at radius 2 is 2.27 bits per heavy atom. The highest BCUT2D eigenvalue weighted by molar-refractivity contribution is 5.75. The van der Waals surface area contributed by atoms with Crippen LogP contribution in [-0.2, 0) is 0 Å². The second-order valence-electron chi connectivity index (χ2n) is 3.20. The highest BCUT2D eigenvalue weighted by atomic mass is 15.3. The summed E-state index contributed by atoms with van der Waals surface area (Å²) in [4.78, 5) is 1.92. The molecule has 4 nitrogen and oxygen atoms in total. The lowest BCUT2D eigenvalue weighted by atomic mass is 10.1. The number of piperazine rings is 1. The molecule has 0 bridgehead atoms. The summed E-state index contributed by atoms with van der Waals surface area (Å²) in [6.07, 6.45) is 0. The summed E-state index contributed by atoms with van der Waals surface area (Å²) >= 11 is 0. The van der Waals surface area contributed by atoms with Gasteiger partial charge in [-0.3, -0.25) is 5.41 Å². The van der Waals surface area contributed by atoms with Crippen LogP contribution in [-0.4, -0.2) is 36.0 Å². The Morgan fingerprint density at radius 1 is 1.64 bits per heavy atom. The van der Waals surface area contributed by atoms with Gasteiger partial charge in [0, 0.05) is 25.2 Å². The molecule has 4 heteroatoms. The number of rotatable bonds is 0. The summed E-state index contributed by atoms with van der Waals surface area (Å²) in [7, 11) is 0. The molecule has 0 aliphatic carbocycles. The monoisotopic (exact) mass is 156 g/mol. The Labute approximate surface area is 67.3 Å². The molecular weight excluding hydrogens is 140 g/mol. The lowest BCUT2D eigenvalue weighted by Crippen LogP contribution is -2.57. The van der Waals surface area contributed by atoms with Crippen molar-refractivity contribution in [3.05, 3.63) is 0 Å². The Balaban J connectivity index is 2.54. The molecule has 1 aliphatic heterocycles. The van der Waals surface area contributed by atoms with Gasteiger partial charge in [0.25, 0.3) is 0 Å². The van der Waals surface area contributed by atoms with E-state index < -0.39 is 0 Å². The zero-order valence-corrected chi connectivity index (χ0v) is 7.09. The topological polar surface area (TPSA) is 65.1 Å². The number of hydrogen-bond donors (Lipinski definition) is 3. The van der Waals surface area contributed by atoms with Crippen LogP contribution in [0.4, 0.5) is 0 Å². The van der Waals surface area contributed by atoms with Gasteiger partial charge in [0.1, 0.15) is 0 Å². The summed E-state index contributed by atoms with van der Waals surface area (Å²) in [6, 6.07) is 0.791. The highest BCUT2D eigenvalue weighted by Crippen LogP contribution is 2.04. The van der Waals surface area contributed by atoms with Gasteiger partial charge in [-0.15, -0.1) is 0 Å². The third-order valence-corrected chi connectivity index (χ3v) is 2.07. The number of guanidine groups is 1. The van der Waals surface area contributed by atoms with Gasteiger partial charge in [-0.05, 0) is 13.8 Å². The predicted octanol–water partition coefficient (Wildman–Crippen LogP) is -0.438. The van der Waals surface area contributed by atoms with Crippen molar-refractivity contribution in [1.82, 2.24) is 10.2 Å². The first kappa shape index (κ1) is 8.33. The van der Waals surface area contributed by atoms with Crippen LogP contribution in [0.2, 0.25) is 0 Å². The summed E-state index contributed by atoms with van der Waals surface area (Å²) in [5.41, 5.74) is 5.40. The molecule has 0 aromatic heterocycles. The van der Waals surface area contributed by atoms with Crippen molar-refractivity contribution >= 4 is 5.96 Å². The molecule has 4 N–H and O–H groups in total. The van der Waals surface area contributed by atoms with E-state index >= 15 is 0 Å². The van der Waals surface area contributed by atoms with Gasteiger partial charge in [0.15, 0.2) is 5.96 Å². The summed E-state index contributed by atoms with van der Waals surface area (Å²) in [5, 5.41) is 10.6. The second kappa shape index (κ2) is 3.09. The van der Waals surface area contributed by atoms with Crippen LogP contribution in [0.5, 0.6) is 0 Å². The Morgan fingerprint density at radius 3 is 2.73 bits per heavy atom. The number of nitrogens with two attached hydrogens (primary N) is 1. The molecule has 11 heavy (non-hydrogen) atoms. The molecule has 0 unspecified atom stereocenters. The van der Waals surface area contributed by atoms with E-state index in [1.165, 1.54) is 0 Å². The first-order valence-electron chi connectivity index (χ1n) is 3.95. The zero-order valence-electron chi connectivity index (χ0n) is 7.09. The smallest absolute Gasteiger partial charge is 0.188 e. The van der Waals surface area contributed by atoms with Gasteiger partial charge >= 0.3 is 0 Å². The molecule has 1 rings (SSSR count). The van der Waals surface area contributed by atoms with Crippen molar-refractivity contribution in [2.75, 3.05) is 13.1 Å². The van der Waals surface area contributed by atoms with Crippen molar-refractivity contribution < 1.29 is 0 Å². The molecule has 0 saturated carbocycles. The minimum absolute atomic E-state index is 0.186. The molecule has 2 atom stereocenters. The van der Waals surface area contributed by atoms with Crippen molar-refractivity contribution in [3.63, 3.8) is 0 Å². The molecule has 0 aromatic carbocycles. The van der Waals surface area contributed by atoms with Crippen LogP contribution in [0.25, 0.3) is 0 Å². The van der Waals surface area contributed by atoms with Crippen LogP contribution < -0.4 is 11.1 Å². The van der Waals surface area contributed by atoms with Gasteiger partial charge in [0.05, 0.1) is 0 Å². The van der Waals surface area contributed by atoms with Gasteiger partial charge in [-0.1, -0.05) is 0 Å². The maximum Gasteiger partial charge on any atom is 0.188 e. The first-order chi connectivity index (χ1) is 5.11. The van der Waals surface area contributed by atoms with Crippen molar-refractivity contribution in [3.8, 4) is 0 Å². The van der Waals surface area contributed by atoms with Crippen LogP contribution in [0, 0.1) is 5.41 Å². The van der Waals surface area contributed by atoms with E-state index in [9.17, 15) is 0 Å². The normalized spacial score (nSPS) is 32.0. The van der Waals surface area contributed by atoms with Crippen LogP contribution >= 0.6 is 0 Å². The number of nitrogens with zero attached hydrogens (tertiary/aromatic N) is 1. The van der Waals surface area contributed by atoms with E-state index in [1.54, 1.807) is 0 Å². The molecule has 1 fully saturated rings. The van der Waals surface area contributed by atoms with Crippen LogP contribution in [0.15, 0.2) is 0 Å². The standard InChI is InChI=1S/C7H16N4/c1-5-4-11(7(8)9)6(2)3-10-5/h5-6,10H,3-4H2,1-2H3,(H3,8,9)/t5-,6-/m1/s1. The van der Waals surface area contributed by atoms with E-state index in [2.05, 4.69) is 19.2 Å². The molecule has 0 amide bonds. The SMILES string of the molecule is C[C@@H]1CN(C(=N)N)[C@H](C)CN1. The minimum Gasteiger partial charge on any atom is -0.370 e. The summed E-state index contributed by atoms with van der Waals surface area (Å²) in [5.74, 6) is 0.186. The fraction of sp³-hybridized carbons (Fsp3) is 0.857. The van der Waals surface area contributed by atoms with Crippen molar-refractivity contribution in [2.45, 2.75) is 25.9 Å². The Kier molecular flexibility index (Phi) is 2.34. The Hall–Kier alpha value is -0.770. The highest BCUT2D eigenvalue weighted by Gasteiger charge is 2.22. The fourth-order valence-electron chi connectivity index (χ4n) is 1.36. The lowest BCUT2D eigenvalue weighted by molar-refractivity contribution is 0.231. The molecule has 64 valence electrons. The van der Waals surface area contributed by atoms with E-state index in [-0.39, 0.29) is 5.96 Å². The average Bonchev–Trinajstić information content (AvgIpc) is 1.94. The van der Waals surface area contributed by atoms with Crippen molar-refractivity contribution in [1.29, 1.82) is 5.41 Å². The molecule has 1 aliphatic rings. The predicted molar refractivity (Wildman–Crippen MR) is 45.5 cm³/mol. The molecular formula is C7H16N4. The number of hydrogen-bond acceptors (Lipinski definition) is 2. The van der Waals surface area contributed by atoms with Crippen molar-refractivity contribution in [2.24, 2.45) is 5.73 Å². The summed E-state index contributed by atoms with van der Waals surface area (Å²) in [6.45, 7) is 5.93. The van der Waals surface area contributed by atoms with Gasteiger partial charge < -0.3 is 16.0 Å². The first-order valence-corrected chi connectivity index (χ1v) is 3.95. The molecule has 0 radical (unpaired) electrons. The van der Waals surface area contributed by atoms with Crippen LogP contribution in [0.1, 0.15) is 13.8 Å². The number of nitrogens with one attached hydrogen (secondary N) is 2. The van der Waals surface area contributed by atoms with Crippen LogP contribution in [0.3, 0.4) is 0 Å². The molecule has 1 heterocycles. The average molecular weight is 156 g/mol. The summed E-state index contributed by atoms with van der Waals surface area (Å²) < 4.78 is 0. The minimum atomic E-state index is 0.186. The molecule has 0 spiro atoms. The van der Waals surface area contributed by atoms with Gasteiger partial charge in [-0.2, -0.15) is 0 Å². The maximum absolute atomic E-state index is 7.29. The van der Waals surface area contributed by atoms with E-state index in [0.717, 1.165) is 13.1 Å². The molecule has 0 aromatic rings. The van der Waals surface area contributed by atoms with E-state index in [1.807, 2.05) is 4.90 Å². The van der Waals surface area contributed by atoms with E-state index in [0.29, 0.717) is 12.1 Å². The third kappa shape index (κ3) is 1.83. The van der Waals surface area contributed by atoms with E-state index in [4.69, 9.17) is 11.1 Å². The van der Waals surface area contributed by atoms with Gasteiger partial charge in [0.2, 0.25) is 0 Å². The third-order valence-electron chi connectivity index (χ3n) is 2.07. The Bertz CT molecular complexity index is 157.